The largest absolute Gasteiger partial charge is 0.494 e. The van der Waals surface area contributed by atoms with Crippen LogP contribution in [0.25, 0.3) is 0 Å². The Morgan fingerprint density at radius 2 is 0.851 bits per heavy atom. The first-order valence-corrected chi connectivity index (χ1v) is 20.3. The molecule has 0 aliphatic heterocycles. The van der Waals surface area contributed by atoms with Gasteiger partial charge in [0.25, 0.3) is 10.2 Å². The van der Waals surface area contributed by atoms with E-state index in [1.807, 2.05) is 36.4 Å². The zero-order chi connectivity index (χ0) is 36.2. The third-order valence-corrected chi connectivity index (χ3v) is 14.5. The van der Waals surface area contributed by atoms with Gasteiger partial charge in [0, 0.05) is 39.0 Å². The fraction of sp³-hybridized carbons (Fsp3) is 0.520. The lowest BCUT2D eigenvalue weighted by molar-refractivity contribution is 0.109. The van der Waals surface area contributed by atoms with Crippen molar-refractivity contribution in [1.82, 2.24) is 9.80 Å². The number of ether oxygens (including phenoxy) is 2. The lowest BCUT2D eigenvalue weighted by Gasteiger charge is -2.30. The van der Waals surface area contributed by atoms with Crippen LogP contribution in [0.1, 0.15) is 19.3 Å². The maximum absolute atomic E-state index is 11.2. The van der Waals surface area contributed by atoms with Gasteiger partial charge in [0.2, 0.25) is 0 Å². The zero-order valence-electron chi connectivity index (χ0n) is 25.7. The normalized spacial score (nSPS) is 13.3. The van der Waals surface area contributed by atoms with Crippen molar-refractivity contribution in [3.05, 3.63) is 60.7 Å². The molecule has 0 atom stereocenters. The van der Waals surface area contributed by atoms with Crippen molar-refractivity contribution in [2.24, 2.45) is 0 Å². The van der Waals surface area contributed by atoms with Crippen molar-refractivity contribution >= 4 is 30.4 Å². The van der Waals surface area contributed by atoms with Gasteiger partial charge < -0.3 is 68.6 Å². The summed E-state index contributed by atoms with van der Waals surface area (Å²) in [6.45, 7) is 1.25. The van der Waals surface area contributed by atoms with Crippen molar-refractivity contribution in [2.45, 2.75) is 29.4 Å². The number of rotatable bonds is 19. The molecular formula is C25H44N2O16P4. The number of para-hydroxylation sites is 2. The van der Waals surface area contributed by atoms with E-state index in [0.29, 0.717) is 31.9 Å². The maximum atomic E-state index is 11.2. The van der Waals surface area contributed by atoms with Crippen LogP contribution in [-0.4, -0.2) is 123 Å². The third kappa shape index (κ3) is 14.1. The Morgan fingerprint density at radius 1 is 0.532 bits per heavy atom. The van der Waals surface area contributed by atoms with Gasteiger partial charge in [0.15, 0.2) is 0 Å². The highest BCUT2D eigenvalue weighted by atomic mass is 31.2. The van der Waals surface area contributed by atoms with Crippen LogP contribution in [0.5, 0.6) is 11.5 Å². The van der Waals surface area contributed by atoms with E-state index in [2.05, 4.69) is 0 Å². The van der Waals surface area contributed by atoms with Crippen LogP contribution in [0.2, 0.25) is 0 Å². The van der Waals surface area contributed by atoms with Gasteiger partial charge >= 0.3 is 30.4 Å². The smallest absolute Gasteiger partial charge is 0.369 e. The van der Waals surface area contributed by atoms with Crippen molar-refractivity contribution in [1.29, 1.82) is 0 Å². The predicted octanol–water partition coefficient (Wildman–Crippen LogP) is 1.17. The second-order valence-corrected chi connectivity index (χ2v) is 18.5. The second kappa shape index (κ2) is 18.5. The molecule has 0 unspecified atom stereocenters. The molecule has 0 fully saturated rings. The number of aliphatic hydroxyl groups is 2. The summed E-state index contributed by atoms with van der Waals surface area (Å²) in [4.78, 5) is 75.5. The van der Waals surface area contributed by atoms with Crippen LogP contribution < -0.4 is 9.47 Å². The Kier molecular flexibility index (Phi) is 17.1. The first kappa shape index (κ1) is 43.5. The molecule has 0 radical (unpaired) electrons. The molecule has 0 heterocycles. The molecule has 270 valence electrons. The first-order chi connectivity index (χ1) is 21.4. The average molecular weight is 753 g/mol. The summed E-state index contributed by atoms with van der Waals surface area (Å²) < 4.78 is 55.8. The quantitative estimate of drug-likeness (QED) is 0.0711. The Labute approximate surface area is 272 Å². The maximum Gasteiger partial charge on any atom is 0.369 e. The van der Waals surface area contributed by atoms with Crippen LogP contribution >= 0.6 is 30.4 Å². The molecule has 47 heavy (non-hydrogen) atoms. The molecule has 0 aliphatic carbocycles. The molecule has 0 amide bonds. The fourth-order valence-electron chi connectivity index (χ4n) is 3.70. The van der Waals surface area contributed by atoms with Crippen molar-refractivity contribution in [2.75, 3.05) is 53.5 Å². The summed E-state index contributed by atoms with van der Waals surface area (Å²) in [5.74, 6) is 1.38. The minimum absolute atomic E-state index is 0.0991. The van der Waals surface area contributed by atoms with E-state index >= 15 is 0 Å². The SMILES string of the molecule is CN(CCCOc1ccccc1)CCC(O)(P(=O)(O)O)P(=O)(O)O.CN(CCOc1ccccc1)CCC(O)(P(=O)(O)O)P(=O)(O)O. The number of hydrogen-bond donors (Lipinski definition) is 10. The predicted molar refractivity (Wildman–Crippen MR) is 171 cm³/mol. The van der Waals surface area contributed by atoms with E-state index < -0.39 is 53.4 Å². The summed E-state index contributed by atoms with van der Waals surface area (Å²) in [6, 6.07) is 18.1. The molecule has 22 heteroatoms. The summed E-state index contributed by atoms with van der Waals surface area (Å²) in [6.07, 6.45) is -0.934. The van der Waals surface area contributed by atoms with Gasteiger partial charge in [-0.25, -0.2) is 0 Å². The molecule has 2 rings (SSSR count). The molecule has 2 aromatic rings. The number of likely N-dealkylation sites (N-methyl/N-ethyl adjacent to an activating group) is 1. The van der Waals surface area contributed by atoms with Crippen LogP contribution in [0, 0.1) is 0 Å². The van der Waals surface area contributed by atoms with Gasteiger partial charge in [-0.05, 0) is 44.8 Å². The minimum atomic E-state index is -5.40. The molecule has 18 nitrogen and oxygen atoms in total. The molecule has 2 aromatic carbocycles. The summed E-state index contributed by atoms with van der Waals surface area (Å²) in [5, 5.41) is 12.8. The number of hydrogen-bond acceptors (Lipinski definition) is 10. The van der Waals surface area contributed by atoms with Gasteiger partial charge in [-0.2, -0.15) is 0 Å². The monoisotopic (exact) mass is 752 g/mol. The highest BCUT2D eigenvalue weighted by Gasteiger charge is 2.59. The third-order valence-electron chi connectivity index (χ3n) is 6.70. The van der Waals surface area contributed by atoms with Crippen molar-refractivity contribution in [3.63, 3.8) is 0 Å². The molecular weight excluding hydrogens is 708 g/mol. The van der Waals surface area contributed by atoms with Gasteiger partial charge in [0.05, 0.1) is 6.61 Å². The first-order valence-electron chi connectivity index (χ1n) is 13.8. The molecule has 0 aliphatic rings. The van der Waals surface area contributed by atoms with E-state index in [4.69, 9.17) is 48.6 Å². The van der Waals surface area contributed by atoms with E-state index in [-0.39, 0.29) is 19.7 Å². The Hall–Kier alpha value is -1.52. The van der Waals surface area contributed by atoms with E-state index in [9.17, 15) is 28.5 Å². The lowest BCUT2D eigenvalue weighted by atomic mass is 10.3. The van der Waals surface area contributed by atoms with Crippen LogP contribution in [-0.2, 0) is 18.3 Å². The summed E-state index contributed by atoms with van der Waals surface area (Å²) in [5.41, 5.74) is 0. The van der Waals surface area contributed by atoms with Gasteiger partial charge in [-0.15, -0.1) is 0 Å². The van der Waals surface area contributed by atoms with Crippen LogP contribution in [0.4, 0.5) is 0 Å². The second-order valence-electron chi connectivity index (χ2n) is 10.5. The highest BCUT2D eigenvalue weighted by molar-refractivity contribution is 7.72. The minimum Gasteiger partial charge on any atom is -0.494 e. The topological polar surface area (TPSA) is 296 Å². The summed E-state index contributed by atoms with van der Waals surface area (Å²) in [7, 11) is -18.4. The van der Waals surface area contributed by atoms with Crippen molar-refractivity contribution < 1.29 is 77.1 Å². The molecule has 10 N–H and O–H groups in total. The molecule has 0 saturated heterocycles. The Morgan fingerprint density at radius 3 is 1.19 bits per heavy atom. The van der Waals surface area contributed by atoms with E-state index in [1.54, 1.807) is 48.2 Å². The highest BCUT2D eigenvalue weighted by Crippen LogP contribution is 2.69. The molecule has 0 aromatic heterocycles. The Bertz CT molecular complexity index is 1350. The molecule has 0 spiro atoms. The van der Waals surface area contributed by atoms with Gasteiger partial charge in [0.1, 0.15) is 18.1 Å². The van der Waals surface area contributed by atoms with E-state index in [0.717, 1.165) is 5.75 Å². The standard InChI is InChI=1S/C13H23NO8P2.C12H21NO8P2/c1-14(9-5-11-22-12-6-3-2-4-7-12)10-8-13(15,23(16,17)18)24(19,20)21;1-13(9-10-21-11-5-3-2-4-6-11)8-7-12(14,22(15,16)17)23(18,19)20/h2-4,6-7,15H,5,8-11H2,1H3,(H2,16,17,18)(H2,19,20,21);2-6,14H,7-10H2,1H3,(H2,15,16,17)(H2,18,19,20). The number of benzene rings is 2. The van der Waals surface area contributed by atoms with Crippen LogP contribution in [0.3, 0.4) is 0 Å². The van der Waals surface area contributed by atoms with Crippen LogP contribution in [0.15, 0.2) is 60.7 Å². The molecule has 0 saturated carbocycles. The lowest BCUT2D eigenvalue weighted by Crippen LogP contribution is -2.35. The van der Waals surface area contributed by atoms with Gasteiger partial charge in [-0.1, -0.05) is 36.4 Å². The summed E-state index contributed by atoms with van der Waals surface area (Å²) >= 11 is 0. The fourth-order valence-corrected chi connectivity index (χ4v) is 7.98. The number of nitrogens with zero attached hydrogens (tertiary/aromatic N) is 2. The molecule has 0 bridgehead atoms. The van der Waals surface area contributed by atoms with Crippen molar-refractivity contribution in [3.8, 4) is 11.5 Å². The average Bonchev–Trinajstić information content (AvgIpc) is 2.96. The van der Waals surface area contributed by atoms with Gasteiger partial charge in [-0.3, -0.25) is 18.3 Å². The Balaban J connectivity index is 0.000000470. The van der Waals surface area contributed by atoms with E-state index in [1.165, 1.54) is 0 Å². The zero-order valence-corrected chi connectivity index (χ0v) is 29.3.